The second-order valence-electron chi connectivity index (χ2n) is 4.05. The van der Waals surface area contributed by atoms with Gasteiger partial charge in [0.1, 0.15) is 6.04 Å². The lowest BCUT2D eigenvalue weighted by Crippen LogP contribution is -2.43. The lowest BCUT2D eigenvalue weighted by molar-refractivity contribution is -0.143. The molecule has 0 aromatic rings. The Hall–Kier alpha value is -0.570. The summed E-state index contributed by atoms with van der Waals surface area (Å²) in [4.78, 5) is 12.9. The molecule has 3 heteroatoms. The van der Waals surface area contributed by atoms with E-state index in [2.05, 4.69) is 6.92 Å². The van der Waals surface area contributed by atoms with E-state index in [1.54, 1.807) is 6.92 Å². The van der Waals surface area contributed by atoms with Gasteiger partial charge in [0.05, 0.1) is 0 Å². The highest BCUT2D eigenvalue weighted by Gasteiger charge is 2.21. The largest absolute Gasteiger partial charge is 0.480 e. The molecule has 84 valence electrons. The van der Waals surface area contributed by atoms with E-state index in [1.165, 1.54) is 12.8 Å². The summed E-state index contributed by atoms with van der Waals surface area (Å²) in [5.74, 6) is -0.727. The first-order chi connectivity index (χ1) is 6.50. The molecule has 1 unspecified atom stereocenters. The van der Waals surface area contributed by atoms with Gasteiger partial charge in [0.25, 0.3) is 0 Å². The number of aliphatic carboxylic acids is 1. The van der Waals surface area contributed by atoms with E-state index in [0.29, 0.717) is 6.04 Å². The molecule has 1 N–H and O–H groups in total. The van der Waals surface area contributed by atoms with Crippen molar-refractivity contribution in [3.8, 4) is 0 Å². The van der Waals surface area contributed by atoms with Gasteiger partial charge in [-0.1, -0.05) is 19.8 Å². The van der Waals surface area contributed by atoms with Crippen LogP contribution in [0.15, 0.2) is 0 Å². The van der Waals surface area contributed by atoms with Crippen molar-refractivity contribution in [1.82, 2.24) is 4.90 Å². The topological polar surface area (TPSA) is 40.5 Å². The predicted octanol–water partition coefficient (Wildman–Crippen LogP) is 2.36. The van der Waals surface area contributed by atoms with E-state index in [0.717, 1.165) is 13.0 Å². The van der Waals surface area contributed by atoms with Crippen LogP contribution in [0.2, 0.25) is 0 Å². The molecule has 0 aliphatic rings. The number of hydrogen-bond donors (Lipinski definition) is 1. The first-order valence-electron chi connectivity index (χ1n) is 5.49. The van der Waals surface area contributed by atoms with Gasteiger partial charge >= 0.3 is 5.97 Å². The van der Waals surface area contributed by atoms with Crippen LogP contribution in [-0.2, 0) is 4.79 Å². The van der Waals surface area contributed by atoms with E-state index in [-0.39, 0.29) is 6.04 Å². The molecule has 0 aromatic heterocycles. The normalized spacial score (nSPS) is 13.6. The molecule has 1 atom stereocenters. The quantitative estimate of drug-likeness (QED) is 0.643. The molecule has 0 fully saturated rings. The van der Waals surface area contributed by atoms with Crippen LogP contribution >= 0.6 is 0 Å². The molecule has 0 aromatic carbocycles. The molecule has 0 radical (unpaired) electrons. The standard InChI is InChI=1S/C11H23NO2/c1-5-6-7-8-12(9(2)3)10(4)11(13)14/h9-10H,5-8H2,1-4H3,(H,13,14). The molecule has 0 bridgehead atoms. The van der Waals surface area contributed by atoms with Gasteiger partial charge in [0, 0.05) is 6.04 Å². The summed E-state index contributed by atoms with van der Waals surface area (Å²) < 4.78 is 0. The van der Waals surface area contributed by atoms with Gasteiger partial charge < -0.3 is 5.11 Å². The van der Waals surface area contributed by atoms with Gasteiger partial charge in [-0.25, -0.2) is 0 Å². The van der Waals surface area contributed by atoms with Crippen molar-refractivity contribution in [1.29, 1.82) is 0 Å². The number of unbranched alkanes of at least 4 members (excludes halogenated alkanes) is 2. The summed E-state index contributed by atoms with van der Waals surface area (Å²) >= 11 is 0. The molecule has 0 amide bonds. The van der Waals surface area contributed by atoms with Crippen molar-refractivity contribution in [2.24, 2.45) is 0 Å². The minimum absolute atomic E-state index is 0.304. The summed E-state index contributed by atoms with van der Waals surface area (Å²) in [5, 5.41) is 8.92. The van der Waals surface area contributed by atoms with E-state index >= 15 is 0 Å². The second-order valence-corrected chi connectivity index (χ2v) is 4.05. The monoisotopic (exact) mass is 201 g/mol. The van der Waals surface area contributed by atoms with Gasteiger partial charge in [-0.3, -0.25) is 9.69 Å². The summed E-state index contributed by atoms with van der Waals surface area (Å²) in [6, 6.07) is -0.0650. The third-order valence-electron chi connectivity index (χ3n) is 2.54. The fraction of sp³-hybridized carbons (Fsp3) is 0.909. The van der Waals surface area contributed by atoms with Crippen molar-refractivity contribution in [2.45, 2.75) is 59.0 Å². The zero-order valence-corrected chi connectivity index (χ0v) is 9.79. The zero-order chi connectivity index (χ0) is 11.1. The van der Waals surface area contributed by atoms with Crippen LogP contribution in [0.1, 0.15) is 47.0 Å². The lowest BCUT2D eigenvalue weighted by atomic mass is 10.1. The van der Waals surface area contributed by atoms with Crippen LogP contribution < -0.4 is 0 Å². The van der Waals surface area contributed by atoms with E-state index in [4.69, 9.17) is 5.11 Å². The lowest BCUT2D eigenvalue weighted by Gasteiger charge is -2.30. The first-order valence-corrected chi connectivity index (χ1v) is 5.49. The Morgan fingerprint density at radius 3 is 2.21 bits per heavy atom. The second kappa shape index (κ2) is 6.82. The highest BCUT2D eigenvalue weighted by molar-refractivity contribution is 5.72. The smallest absolute Gasteiger partial charge is 0.320 e. The molecular formula is C11H23NO2. The number of carbonyl (C=O) groups is 1. The summed E-state index contributed by atoms with van der Waals surface area (Å²) in [7, 11) is 0. The van der Waals surface area contributed by atoms with Crippen LogP contribution in [0, 0.1) is 0 Å². The fourth-order valence-corrected chi connectivity index (χ4v) is 1.59. The van der Waals surface area contributed by atoms with Crippen molar-refractivity contribution >= 4 is 5.97 Å². The summed E-state index contributed by atoms with van der Waals surface area (Å²) in [5.41, 5.74) is 0. The zero-order valence-electron chi connectivity index (χ0n) is 9.79. The van der Waals surface area contributed by atoms with Gasteiger partial charge in [-0.2, -0.15) is 0 Å². The summed E-state index contributed by atoms with van der Waals surface area (Å²) in [6.07, 6.45) is 3.44. The van der Waals surface area contributed by atoms with Gasteiger partial charge in [0.15, 0.2) is 0 Å². The average molecular weight is 201 g/mol. The fourth-order valence-electron chi connectivity index (χ4n) is 1.59. The maximum absolute atomic E-state index is 10.8. The predicted molar refractivity (Wildman–Crippen MR) is 58.5 cm³/mol. The van der Waals surface area contributed by atoms with Crippen LogP contribution in [-0.4, -0.2) is 34.6 Å². The number of rotatable bonds is 7. The summed E-state index contributed by atoms with van der Waals surface area (Å²) in [6.45, 7) is 8.89. The van der Waals surface area contributed by atoms with Crippen molar-refractivity contribution < 1.29 is 9.90 Å². The minimum Gasteiger partial charge on any atom is -0.480 e. The van der Waals surface area contributed by atoms with Crippen LogP contribution in [0.4, 0.5) is 0 Å². The third-order valence-corrected chi connectivity index (χ3v) is 2.54. The molecule has 3 nitrogen and oxygen atoms in total. The van der Waals surface area contributed by atoms with Crippen molar-refractivity contribution in [3.05, 3.63) is 0 Å². The van der Waals surface area contributed by atoms with Crippen molar-refractivity contribution in [3.63, 3.8) is 0 Å². The Bertz CT molecular complexity index is 169. The maximum atomic E-state index is 10.8. The molecule has 0 saturated carbocycles. The van der Waals surface area contributed by atoms with Crippen LogP contribution in [0.3, 0.4) is 0 Å². The number of carboxylic acid groups (broad SMARTS) is 1. The third kappa shape index (κ3) is 4.61. The molecule has 0 rings (SSSR count). The Kier molecular flexibility index (Phi) is 6.54. The number of hydrogen-bond acceptors (Lipinski definition) is 2. The average Bonchev–Trinajstić information content (AvgIpc) is 2.10. The van der Waals surface area contributed by atoms with Gasteiger partial charge in [0.2, 0.25) is 0 Å². The Labute approximate surface area is 87.1 Å². The molecule has 0 heterocycles. The minimum atomic E-state index is -0.727. The van der Waals surface area contributed by atoms with Gasteiger partial charge in [-0.05, 0) is 33.7 Å². The molecular weight excluding hydrogens is 178 g/mol. The molecule has 0 aliphatic carbocycles. The van der Waals surface area contributed by atoms with Crippen LogP contribution in [0.25, 0.3) is 0 Å². The van der Waals surface area contributed by atoms with E-state index in [1.807, 2.05) is 18.7 Å². The maximum Gasteiger partial charge on any atom is 0.320 e. The molecule has 0 spiro atoms. The highest BCUT2D eigenvalue weighted by atomic mass is 16.4. The molecule has 0 aliphatic heterocycles. The number of nitrogens with zero attached hydrogens (tertiary/aromatic N) is 1. The molecule has 14 heavy (non-hydrogen) atoms. The number of carboxylic acids is 1. The van der Waals surface area contributed by atoms with E-state index in [9.17, 15) is 4.79 Å². The van der Waals surface area contributed by atoms with Gasteiger partial charge in [-0.15, -0.1) is 0 Å². The Morgan fingerprint density at radius 2 is 1.86 bits per heavy atom. The SMILES string of the molecule is CCCCCN(C(C)C)C(C)C(=O)O. The van der Waals surface area contributed by atoms with E-state index < -0.39 is 5.97 Å². The molecule has 0 saturated heterocycles. The Balaban J connectivity index is 4.08. The van der Waals surface area contributed by atoms with Crippen molar-refractivity contribution in [2.75, 3.05) is 6.54 Å². The highest BCUT2D eigenvalue weighted by Crippen LogP contribution is 2.08. The Morgan fingerprint density at radius 1 is 1.29 bits per heavy atom. The van der Waals surface area contributed by atoms with Crippen LogP contribution in [0.5, 0.6) is 0 Å². The first kappa shape index (κ1) is 13.4.